The van der Waals surface area contributed by atoms with Crippen molar-refractivity contribution in [3.63, 3.8) is 0 Å². The smallest absolute Gasteiger partial charge is 0.304 e. The number of halogens is 4. The molecule has 8 heteroatoms. The van der Waals surface area contributed by atoms with Gasteiger partial charge < -0.3 is 5.01 Å². The molecule has 3 atom stereocenters. The Morgan fingerprint density at radius 1 is 0.962 bits per heavy atom. The molecule has 26 heavy (non-hydrogen) atoms. The Labute approximate surface area is 154 Å². The first-order valence-electron chi connectivity index (χ1n) is 7.85. The van der Waals surface area contributed by atoms with Gasteiger partial charge in [-0.15, -0.1) is 12.4 Å². The zero-order valence-electron chi connectivity index (χ0n) is 13.5. The van der Waals surface area contributed by atoms with Crippen LogP contribution in [0.5, 0.6) is 0 Å². The number of hydrogen-bond acceptors (Lipinski definition) is 4. The molecule has 2 aromatic rings. The van der Waals surface area contributed by atoms with E-state index in [1.165, 1.54) is 12.1 Å². The minimum atomic E-state index is -4.33. The van der Waals surface area contributed by atoms with Crippen molar-refractivity contribution in [2.75, 3.05) is 0 Å². The lowest BCUT2D eigenvalue weighted by Crippen LogP contribution is -2.35. The van der Waals surface area contributed by atoms with Crippen LogP contribution in [-0.4, -0.2) is 22.2 Å². The molecule has 136 valence electrons. The Hall–Kier alpha value is -2.38. The molecule has 4 nitrogen and oxygen atoms in total. The van der Waals surface area contributed by atoms with Crippen LogP contribution in [0.25, 0.3) is 0 Å². The van der Waals surface area contributed by atoms with Gasteiger partial charge in [0.05, 0.1) is 17.6 Å². The predicted molar refractivity (Wildman–Crippen MR) is 94.8 cm³/mol. The van der Waals surface area contributed by atoms with Crippen LogP contribution in [0.1, 0.15) is 28.7 Å². The van der Waals surface area contributed by atoms with Crippen LogP contribution in [0, 0.1) is 0 Å². The maximum Gasteiger partial charge on any atom is 0.416 e. The van der Waals surface area contributed by atoms with E-state index < -0.39 is 11.7 Å². The molecular formula is C18H16ClF3N4. The third-order valence-electron chi connectivity index (χ3n) is 4.58. The highest BCUT2D eigenvalue weighted by Gasteiger charge is 2.42. The topological polar surface area (TPSA) is 40.5 Å². The van der Waals surface area contributed by atoms with Gasteiger partial charge >= 0.3 is 6.18 Å². The molecule has 1 aromatic carbocycles. The molecule has 1 fully saturated rings. The number of nitrogens with zero attached hydrogens (tertiary/aromatic N) is 3. The summed E-state index contributed by atoms with van der Waals surface area (Å²) in [6, 6.07) is 9.01. The monoisotopic (exact) mass is 380 g/mol. The van der Waals surface area contributed by atoms with Gasteiger partial charge in [-0.1, -0.05) is 12.1 Å². The van der Waals surface area contributed by atoms with Crippen LogP contribution in [-0.2, 0) is 6.18 Å². The Morgan fingerprint density at radius 2 is 1.65 bits per heavy atom. The number of alkyl halides is 3. The summed E-state index contributed by atoms with van der Waals surface area (Å²) >= 11 is 0. The molecular weight excluding hydrogens is 365 g/mol. The molecule has 2 aliphatic rings. The highest BCUT2D eigenvalue weighted by Crippen LogP contribution is 2.41. The first-order valence-corrected chi connectivity index (χ1v) is 7.85. The van der Waals surface area contributed by atoms with E-state index in [9.17, 15) is 13.2 Å². The van der Waals surface area contributed by atoms with E-state index in [2.05, 4.69) is 15.4 Å². The number of nitrogens with one attached hydrogen (secondary N) is 1. The van der Waals surface area contributed by atoms with Gasteiger partial charge in [0.1, 0.15) is 0 Å². The number of pyridine rings is 1. The molecule has 3 unspecified atom stereocenters. The van der Waals surface area contributed by atoms with Gasteiger partial charge in [0.2, 0.25) is 0 Å². The Morgan fingerprint density at radius 3 is 2.31 bits per heavy atom. The quantitative estimate of drug-likeness (QED) is 0.853. The summed E-state index contributed by atoms with van der Waals surface area (Å²) in [6.07, 6.45) is 4.47. The SMILES string of the molecule is Cl.FC(F)(F)c1ccc(C2NN3C=CN=CC3C2c2ccncc2)cc1. The zero-order chi connectivity index (χ0) is 17.4. The molecule has 0 amide bonds. The summed E-state index contributed by atoms with van der Waals surface area (Å²) in [5, 5.41) is 1.94. The van der Waals surface area contributed by atoms with Crippen molar-refractivity contribution in [1.29, 1.82) is 0 Å². The van der Waals surface area contributed by atoms with Crippen molar-refractivity contribution in [3.05, 3.63) is 77.9 Å². The fraction of sp³-hybridized carbons (Fsp3) is 0.222. The third kappa shape index (κ3) is 3.32. The van der Waals surface area contributed by atoms with Crippen molar-refractivity contribution >= 4 is 18.6 Å². The van der Waals surface area contributed by atoms with Crippen molar-refractivity contribution in [2.24, 2.45) is 4.99 Å². The maximum atomic E-state index is 12.8. The molecule has 1 saturated heterocycles. The summed E-state index contributed by atoms with van der Waals surface area (Å²) in [6.45, 7) is 0. The van der Waals surface area contributed by atoms with E-state index in [4.69, 9.17) is 0 Å². The van der Waals surface area contributed by atoms with E-state index in [1.807, 2.05) is 29.6 Å². The van der Waals surface area contributed by atoms with Crippen LogP contribution in [0.2, 0.25) is 0 Å². The van der Waals surface area contributed by atoms with Crippen LogP contribution >= 0.6 is 12.4 Å². The standard InChI is InChI=1S/C18H15F3N4.ClH/c19-18(20,21)14-3-1-13(2-4-14)17-16(12-5-7-22-8-6-12)15-11-23-9-10-25(15)24-17;/h1-11,15-17,24H;1H. The van der Waals surface area contributed by atoms with E-state index in [1.54, 1.807) is 18.6 Å². The molecule has 3 heterocycles. The molecule has 0 saturated carbocycles. The number of fused-ring (bicyclic) bond motifs is 1. The summed E-state index contributed by atoms with van der Waals surface area (Å²) in [4.78, 5) is 8.27. The minimum Gasteiger partial charge on any atom is -0.304 e. The van der Waals surface area contributed by atoms with E-state index in [0.29, 0.717) is 0 Å². The summed E-state index contributed by atoms with van der Waals surface area (Å²) in [5.41, 5.74) is 4.58. The number of benzene rings is 1. The molecule has 1 aromatic heterocycles. The van der Waals surface area contributed by atoms with E-state index >= 15 is 0 Å². The molecule has 0 radical (unpaired) electrons. The van der Waals surface area contributed by atoms with Crippen LogP contribution in [0.4, 0.5) is 13.2 Å². The largest absolute Gasteiger partial charge is 0.416 e. The van der Waals surface area contributed by atoms with Crippen molar-refractivity contribution in [1.82, 2.24) is 15.4 Å². The van der Waals surface area contributed by atoms with Gasteiger partial charge in [-0.2, -0.15) is 13.2 Å². The number of hydrazine groups is 1. The van der Waals surface area contributed by atoms with Gasteiger partial charge in [0.25, 0.3) is 0 Å². The normalized spacial score (nSPS) is 24.3. The third-order valence-corrected chi connectivity index (χ3v) is 4.58. The van der Waals surface area contributed by atoms with Crippen LogP contribution < -0.4 is 5.43 Å². The Kier molecular flexibility index (Phi) is 5.02. The van der Waals surface area contributed by atoms with Crippen LogP contribution in [0.15, 0.2) is 66.2 Å². The second kappa shape index (κ2) is 7.09. The molecule has 4 rings (SSSR count). The van der Waals surface area contributed by atoms with E-state index in [-0.39, 0.29) is 30.4 Å². The average molecular weight is 381 g/mol. The number of hydrogen-bond donors (Lipinski definition) is 1. The van der Waals surface area contributed by atoms with Crippen molar-refractivity contribution in [3.8, 4) is 0 Å². The van der Waals surface area contributed by atoms with Crippen molar-refractivity contribution in [2.45, 2.75) is 24.2 Å². The summed E-state index contributed by atoms with van der Waals surface area (Å²) in [5.74, 6) is 0.00781. The van der Waals surface area contributed by atoms with E-state index in [0.717, 1.165) is 23.3 Å². The van der Waals surface area contributed by atoms with Gasteiger partial charge in [-0.25, -0.2) is 5.43 Å². The molecule has 2 aliphatic heterocycles. The lowest BCUT2D eigenvalue weighted by atomic mass is 9.84. The first kappa shape index (κ1) is 18.4. The number of rotatable bonds is 2. The summed E-state index contributed by atoms with van der Waals surface area (Å²) < 4.78 is 38.5. The minimum absolute atomic E-state index is 0. The lowest BCUT2D eigenvalue weighted by Gasteiger charge is -2.24. The number of aromatic nitrogens is 1. The fourth-order valence-corrected chi connectivity index (χ4v) is 3.39. The maximum absolute atomic E-state index is 12.8. The predicted octanol–water partition coefficient (Wildman–Crippen LogP) is 4.09. The lowest BCUT2D eigenvalue weighted by molar-refractivity contribution is -0.137. The average Bonchev–Trinajstić information content (AvgIpc) is 3.01. The molecule has 0 aliphatic carbocycles. The second-order valence-corrected chi connectivity index (χ2v) is 6.03. The van der Waals surface area contributed by atoms with Gasteiger partial charge in [-0.3, -0.25) is 9.98 Å². The van der Waals surface area contributed by atoms with Gasteiger partial charge in [0, 0.05) is 36.9 Å². The van der Waals surface area contributed by atoms with Gasteiger partial charge in [0.15, 0.2) is 0 Å². The first-order chi connectivity index (χ1) is 12.0. The zero-order valence-corrected chi connectivity index (χ0v) is 14.3. The van der Waals surface area contributed by atoms with Crippen molar-refractivity contribution < 1.29 is 13.2 Å². The molecule has 0 bridgehead atoms. The Balaban J connectivity index is 0.00000196. The molecule has 1 N–H and O–H groups in total. The fourth-order valence-electron chi connectivity index (χ4n) is 3.39. The second-order valence-electron chi connectivity index (χ2n) is 6.03. The Bertz CT molecular complexity index is 805. The van der Waals surface area contributed by atoms with Gasteiger partial charge in [-0.05, 0) is 35.4 Å². The highest BCUT2D eigenvalue weighted by molar-refractivity contribution is 5.85. The molecule has 0 spiro atoms. The number of aliphatic imine (C=N–C) groups is 1. The highest BCUT2D eigenvalue weighted by atomic mass is 35.5. The van der Waals surface area contributed by atoms with Crippen LogP contribution in [0.3, 0.4) is 0 Å². The summed E-state index contributed by atoms with van der Waals surface area (Å²) in [7, 11) is 0.